The molecule has 0 unspecified atom stereocenters. The fourth-order valence-electron chi connectivity index (χ4n) is 1.90. The minimum absolute atomic E-state index is 0.339. The van der Waals surface area contributed by atoms with Crippen molar-refractivity contribution >= 4 is 30.4 Å². The van der Waals surface area contributed by atoms with Crippen molar-refractivity contribution in [2.45, 2.75) is 45.8 Å². The summed E-state index contributed by atoms with van der Waals surface area (Å²) in [6, 6.07) is 2.04. The Bertz CT molecular complexity index is 507. The largest absolute Gasteiger partial charge is 0.496 e. The highest BCUT2D eigenvalue weighted by Crippen LogP contribution is 2.36. The minimum atomic E-state index is -0.381. The van der Waals surface area contributed by atoms with Gasteiger partial charge in [0.05, 0.1) is 22.6 Å². The molecule has 0 saturated carbocycles. The van der Waals surface area contributed by atoms with Crippen LogP contribution in [0.2, 0.25) is 0 Å². The van der Waals surface area contributed by atoms with E-state index in [0.717, 1.165) is 16.8 Å². The van der Waals surface area contributed by atoms with Gasteiger partial charge in [0.1, 0.15) is 0 Å². The molecule has 116 valence electrons. The topological polar surface area (TPSA) is 46.6 Å². The highest BCUT2D eigenvalue weighted by atomic mass is 32.2. The lowest BCUT2D eigenvalue weighted by Crippen LogP contribution is -2.41. The van der Waals surface area contributed by atoms with E-state index in [2.05, 4.69) is 37.4 Å². The predicted octanol–water partition coefficient (Wildman–Crippen LogP) is 2.23. The van der Waals surface area contributed by atoms with Crippen LogP contribution < -0.4 is 10.2 Å². The van der Waals surface area contributed by atoms with E-state index in [0.29, 0.717) is 0 Å². The summed E-state index contributed by atoms with van der Waals surface area (Å²) >= 11 is 1.51. The van der Waals surface area contributed by atoms with Crippen molar-refractivity contribution in [3.05, 3.63) is 18.0 Å². The third-order valence-corrected chi connectivity index (χ3v) is 4.65. The molecule has 1 aliphatic heterocycles. The Kier molecular flexibility index (Phi) is 4.59. The molecule has 7 heteroatoms. The highest BCUT2D eigenvalue weighted by molar-refractivity contribution is 7.98. The first-order chi connectivity index (χ1) is 9.62. The van der Waals surface area contributed by atoms with Gasteiger partial charge in [-0.05, 0) is 54.8 Å². The van der Waals surface area contributed by atoms with Crippen LogP contribution in [-0.4, -0.2) is 41.7 Å². The molecule has 1 aliphatic rings. The van der Waals surface area contributed by atoms with Crippen LogP contribution in [0.15, 0.2) is 12.3 Å². The highest BCUT2D eigenvalue weighted by Gasteiger charge is 2.51. The molecule has 0 aromatic carbocycles. The quantitative estimate of drug-likeness (QED) is 0.680. The summed E-state index contributed by atoms with van der Waals surface area (Å²) in [5.41, 5.74) is 2.18. The molecule has 0 radical (unpaired) electrons. The summed E-state index contributed by atoms with van der Waals surface area (Å²) in [5.74, 6) is 0. The first-order valence-corrected chi connectivity index (χ1v) is 7.82. The zero-order chi connectivity index (χ0) is 15.8. The molecule has 2 rings (SSSR count). The number of nitrogens with zero attached hydrogens (tertiary/aromatic N) is 2. The SMILES string of the molecule is Cc1ncc(B2OC(C)(C)C(C)(C)O2)cc1NSN(C)C. The number of anilines is 1. The molecular weight excluding hydrogens is 285 g/mol. The molecule has 1 fully saturated rings. The second-order valence-corrected chi connectivity index (χ2v) is 7.61. The van der Waals surface area contributed by atoms with Crippen molar-refractivity contribution in [1.29, 1.82) is 0 Å². The van der Waals surface area contributed by atoms with Crippen molar-refractivity contribution < 1.29 is 9.31 Å². The lowest BCUT2D eigenvalue weighted by Gasteiger charge is -2.32. The van der Waals surface area contributed by atoms with E-state index in [1.165, 1.54) is 12.1 Å². The fourth-order valence-corrected chi connectivity index (χ4v) is 2.39. The summed E-state index contributed by atoms with van der Waals surface area (Å²) in [6.07, 6.45) is 1.82. The van der Waals surface area contributed by atoms with Crippen LogP contribution in [0.25, 0.3) is 0 Å². The maximum Gasteiger partial charge on any atom is 0.496 e. The van der Waals surface area contributed by atoms with Gasteiger partial charge in [-0.15, -0.1) is 0 Å². The zero-order valence-corrected chi connectivity index (χ0v) is 14.7. The lowest BCUT2D eigenvalue weighted by atomic mass is 9.80. The molecule has 1 aromatic rings. The number of rotatable bonds is 4. The number of aromatic nitrogens is 1. The molecule has 0 atom stereocenters. The van der Waals surface area contributed by atoms with Gasteiger partial charge >= 0.3 is 7.12 Å². The number of pyridine rings is 1. The number of nitrogens with one attached hydrogen (secondary N) is 1. The van der Waals surface area contributed by atoms with Gasteiger partial charge in [0.25, 0.3) is 0 Å². The smallest absolute Gasteiger partial charge is 0.399 e. The van der Waals surface area contributed by atoms with Gasteiger partial charge < -0.3 is 14.0 Å². The molecule has 21 heavy (non-hydrogen) atoms. The second-order valence-electron chi connectivity index (χ2n) is 6.50. The Labute approximate surface area is 132 Å². The normalized spacial score (nSPS) is 20.1. The molecule has 2 heterocycles. The average molecular weight is 309 g/mol. The van der Waals surface area contributed by atoms with E-state index in [-0.39, 0.29) is 18.3 Å². The standard InChI is InChI=1S/C14H24BN3O2S/c1-10-12(17-21-18(6)7)8-11(9-16-10)15-19-13(2,3)14(4,5)20-15/h8-9,17H,1-7H3. The van der Waals surface area contributed by atoms with E-state index >= 15 is 0 Å². The monoisotopic (exact) mass is 309 g/mol. The molecule has 5 nitrogen and oxygen atoms in total. The van der Waals surface area contributed by atoms with Crippen molar-refractivity contribution in [2.75, 3.05) is 18.8 Å². The van der Waals surface area contributed by atoms with Crippen LogP contribution in [0.1, 0.15) is 33.4 Å². The van der Waals surface area contributed by atoms with Gasteiger partial charge in [-0.25, -0.2) is 4.31 Å². The molecule has 1 N–H and O–H groups in total. The zero-order valence-electron chi connectivity index (χ0n) is 13.9. The van der Waals surface area contributed by atoms with Gasteiger partial charge in [-0.3, -0.25) is 4.98 Å². The Morgan fingerprint density at radius 1 is 1.19 bits per heavy atom. The number of hydrogen-bond donors (Lipinski definition) is 1. The van der Waals surface area contributed by atoms with Gasteiger partial charge in [0, 0.05) is 23.8 Å². The summed E-state index contributed by atoms with van der Waals surface area (Å²) < 4.78 is 17.4. The van der Waals surface area contributed by atoms with Crippen LogP contribution >= 0.6 is 12.1 Å². The third kappa shape index (κ3) is 3.53. The van der Waals surface area contributed by atoms with Gasteiger partial charge in [-0.1, -0.05) is 0 Å². The molecule has 1 aromatic heterocycles. The van der Waals surface area contributed by atoms with Crippen LogP contribution in [0.3, 0.4) is 0 Å². The maximum absolute atomic E-state index is 6.06. The molecule has 1 saturated heterocycles. The van der Waals surface area contributed by atoms with Crippen LogP contribution in [-0.2, 0) is 9.31 Å². The number of hydrogen-bond acceptors (Lipinski definition) is 6. The van der Waals surface area contributed by atoms with Gasteiger partial charge in [-0.2, -0.15) is 0 Å². The summed E-state index contributed by atoms with van der Waals surface area (Å²) in [7, 11) is 3.59. The van der Waals surface area contributed by atoms with Crippen molar-refractivity contribution in [1.82, 2.24) is 9.29 Å². The van der Waals surface area contributed by atoms with Gasteiger partial charge in [0.2, 0.25) is 0 Å². The Morgan fingerprint density at radius 2 is 1.76 bits per heavy atom. The van der Waals surface area contributed by atoms with Crippen LogP contribution in [0, 0.1) is 6.92 Å². The van der Waals surface area contributed by atoms with E-state index in [1.807, 2.05) is 37.6 Å². The Balaban J connectivity index is 2.20. The minimum Gasteiger partial charge on any atom is -0.399 e. The van der Waals surface area contributed by atoms with Crippen LogP contribution in [0.5, 0.6) is 0 Å². The second kappa shape index (κ2) is 5.80. The van der Waals surface area contributed by atoms with Crippen molar-refractivity contribution in [3.63, 3.8) is 0 Å². The van der Waals surface area contributed by atoms with E-state index < -0.39 is 0 Å². The molecule has 0 bridgehead atoms. The Morgan fingerprint density at radius 3 is 2.29 bits per heavy atom. The molecule has 0 spiro atoms. The van der Waals surface area contributed by atoms with E-state index in [4.69, 9.17) is 9.31 Å². The molecule has 0 aliphatic carbocycles. The summed E-state index contributed by atoms with van der Waals surface area (Å²) in [5, 5.41) is 0. The number of aryl methyl sites for hydroxylation is 1. The Hall–Kier alpha value is -0.755. The fraction of sp³-hybridized carbons (Fsp3) is 0.643. The summed E-state index contributed by atoms with van der Waals surface area (Å²) in [4.78, 5) is 4.44. The van der Waals surface area contributed by atoms with E-state index in [1.54, 1.807) is 0 Å². The third-order valence-electron chi connectivity index (χ3n) is 3.97. The first-order valence-electron chi connectivity index (χ1n) is 7.05. The average Bonchev–Trinajstić information content (AvgIpc) is 2.57. The van der Waals surface area contributed by atoms with Crippen LogP contribution in [0.4, 0.5) is 5.69 Å². The van der Waals surface area contributed by atoms with Crippen molar-refractivity contribution in [2.24, 2.45) is 0 Å². The lowest BCUT2D eigenvalue weighted by molar-refractivity contribution is 0.00578. The van der Waals surface area contributed by atoms with E-state index in [9.17, 15) is 0 Å². The maximum atomic E-state index is 6.06. The summed E-state index contributed by atoms with van der Waals surface area (Å²) in [6.45, 7) is 10.2. The van der Waals surface area contributed by atoms with Crippen molar-refractivity contribution in [3.8, 4) is 0 Å². The predicted molar refractivity (Wildman–Crippen MR) is 89.6 cm³/mol. The molecule has 0 amide bonds. The van der Waals surface area contributed by atoms with Gasteiger partial charge in [0.15, 0.2) is 0 Å². The first kappa shape index (κ1) is 16.6. The molecular formula is C14H24BN3O2S.